The highest BCUT2D eigenvalue weighted by molar-refractivity contribution is 5.96. The van der Waals surface area contributed by atoms with Gasteiger partial charge in [0.15, 0.2) is 0 Å². The van der Waals surface area contributed by atoms with Crippen LogP contribution in [0.15, 0.2) is 42.5 Å². The second-order valence-electron chi connectivity index (χ2n) is 4.68. The highest BCUT2D eigenvalue weighted by Crippen LogP contribution is 2.15. The maximum absolute atomic E-state index is 12.1. The highest BCUT2D eigenvalue weighted by Gasteiger charge is 2.09. The number of nitrogen functional groups attached to an aromatic ring is 1. The molecule has 0 bridgehead atoms. The minimum Gasteiger partial charge on any atom is -0.398 e. The fraction of sp³-hybridized carbons (Fsp3) is 0.188. The molecule has 0 atom stereocenters. The van der Waals surface area contributed by atoms with Gasteiger partial charge in [-0.25, -0.2) is 0 Å². The first-order chi connectivity index (χ1) is 9.61. The summed E-state index contributed by atoms with van der Waals surface area (Å²) in [5.41, 5.74) is 9.63. The lowest BCUT2D eigenvalue weighted by Gasteiger charge is -2.09. The van der Waals surface area contributed by atoms with Crippen molar-refractivity contribution in [3.8, 4) is 0 Å². The number of aliphatic hydroxyl groups excluding tert-OH is 1. The van der Waals surface area contributed by atoms with Crippen LogP contribution in [0.25, 0.3) is 0 Å². The summed E-state index contributed by atoms with van der Waals surface area (Å²) < 4.78 is 0. The smallest absolute Gasteiger partial charge is 0.251 e. The molecule has 4 heteroatoms. The molecule has 0 saturated heterocycles. The molecule has 20 heavy (non-hydrogen) atoms. The van der Waals surface area contributed by atoms with Crippen molar-refractivity contribution in [3.63, 3.8) is 0 Å². The molecule has 0 aliphatic heterocycles. The zero-order chi connectivity index (χ0) is 14.5. The van der Waals surface area contributed by atoms with E-state index in [1.807, 2.05) is 31.2 Å². The topological polar surface area (TPSA) is 75.4 Å². The Balaban J connectivity index is 2.02. The molecular weight excluding hydrogens is 252 g/mol. The number of nitrogens with two attached hydrogens (primary N) is 1. The van der Waals surface area contributed by atoms with Gasteiger partial charge in [-0.05, 0) is 35.7 Å². The third-order valence-corrected chi connectivity index (χ3v) is 3.28. The fourth-order valence-electron chi connectivity index (χ4n) is 1.94. The molecule has 0 spiro atoms. The summed E-state index contributed by atoms with van der Waals surface area (Å²) in [5.74, 6) is -0.138. The average Bonchev–Trinajstić information content (AvgIpc) is 2.48. The predicted octanol–water partition coefficient (Wildman–Crippen LogP) is 2.00. The van der Waals surface area contributed by atoms with Gasteiger partial charge in [0, 0.05) is 17.8 Å². The largest absolute Gasteiger partial charge is 0.398 e. The van der Waals surface area contributed by atoms with Crippen LogP contribution in [0, 0.1) is 6.92 Å². The normalized spacial score (nSPS) is 10.3. The van der Waals surface area contributed by atoms with E-state index in [1.54, 1.807) is 18.2 Å². The Bertz CT molecular complexity index is 606. The number of carbonyl (C=O) groups is 1. The van der Waals surface area contributed by atoms with Crippen LogP contribution in [0.5, 0.6) is 0 Å². The fourth-order valence-corrected chi connectivity index (χ4v) is 1.94. The zero-order valence-electron chi connectivity index (χ0n) is 11.4. The Morgan fingerprint density at radius 2 is 1.80 bits per heavy atom. The molecule has 2 rings (SSSR count). The van der Waals surface area contributed by atoms with Crippen molar-refractivity contribution in [1.29, 1.82) is 0 Å². The van der Waals surface area contributed by atoms with Crippen LogP contribution < -0.4 is 11.1 Å². The van der Waals surface area contributed by atoms with Crippen LogP contribution in [0.2, 0.25) is 0 Å². The second kappa shape index (κ2) is 6.21. The first kappa shape index (κ1) is 14.1. The maximum Gasteiger partial charge on any atom is 0.251 e. The van der Waals surface area contributed by atoms with Gasteiger partial charge >= 0.3 is 0 Å². The molecule has 0 unspecified atom stereocenters. The summed E-state index contributed by atoms with van der Waals surface area (Å²) in [6, 6.07) is 12.8. The van der Waals surface area contributed by atoms with E-state index in [2.05, 4.69) is 5.32 Å². The molecule has 4 nitrogen and oxygen atoms in total. The van der Waals surface area contributed by atoms with E-state index in [1.165, 1.54) is 0 Å². The van der Waals surface area contributed by atoms with Crippen LogP contribution in [-0.4, -0.2) is 11.0 Å². The molecule has 0 fully saturated rings. The van der Waals surface area contributed by atoms with Gasteiger partial charge in [-0.3, -0.25) is 4.79 Å². The lowest BCUT2D eigenvalue weighted by Crippen LogP contribution is -2.23. The van der Waals surface area contributed by atoms with Gasteiger partial charge in [0.1, 0.15) is 0 Å². The highest BCUT2D eigenvalue weighted by atomic mass is 16.3. The quantitative estimate of drug-likeness (QED) is 0.744. The summed E-state index contributed by atoms with van der Waals surface area (Å²) in [6.45, 7) is 2.30. The summed E-state index contributed by atoms with van der Waals surface area (Å²) >= 11 is 0. The molecule has 2 aromatic rings. The Morgan fingerprint density at radius 3 is 2.45 bits per heavy atom. The van der Waals surface area contributed by atoms with E-state index in [0.717, 1.165) is 16.7 Å². The van der Waals surface area contributed by atoms with Gasteiger partial charge in [0.2, 0.25) is 0 Å². The molecular formula is C16H18N2O2. The molecule has 0 heterocycles. The van der Waals surface area contributed by atoms with Crippen molar-refractivity contribution in [2.24, 2.45) is 0 Å². The molecule has 4 N–H and O–H groups in total. The number of hydrogen-bond acceptors (Lipinski definition) is 3. The Labute approximate surface area is 118 Å². The number of benzene rings is 2. The number of amides is 1. The Hall–Kier alpha value is -2.33. The van der Waals surface area contributed by atoms with E-state index >= 15 is 0 Å². The van der Waals surface area contributed by atoms with Crippen LogP contribution in [0.3, 0.4) is 0 Å². The lowest BCUT2D eigenvalue weighted by atomic mass is 10.1. The van der Waals surface area contributed by atoms with Crippen LogP contribution >= 0.6 is 0 Å². The number of hydrogen-bond donors (Lipinski definition) is 3. The van der Waals surface area contributed by atoms with Crippen molar-refractivity contribution in [1.82, 2.24) is 5.32 Å². The molecule has 2 aromatic carbocycles. The molecule has 0 saturated carbocycles. The van der Waals surface area contributed by atoms with Crippen molar-refractivity contribution in [3.05, 3.63) is 64.7 Å². The third-order valence-electron chi connectivity index (χ3n) is 3.28. The summed E-state index contributed by atoms with van der Waals surface area (Å²) in [4.78, 5) is 12.1. The summed E-state index contributed by atoms with van der Waals surface area (Å²) in [7, 11) is 0. The number of anilines is 1. The number of rotatable bonds is 4. The van der Waals surface area contributed by atoms with E-state index in [0.29, 0.717) is 17.8 Å². The van der Waals surface area contributed by atoms with Gasteiger partial charge in [-0.2, -0.15) is 0 Å². The predicted molar refractivity (Wildman–Crippen MR) is 79.1 cm³/mol. The minimum atomic E-state index is -0.138. The first-order valence-electron chi connectivity index (χ1n) is 6.44. The maximum atomic E-state index is 12.1. The molecule has 0 aromatic heterocycles. The number of nitrogens with one attached hydrogen (secondary N) is 1. The van der Waals surface area contributed by atoms with Gasteiger partial charge < -0.3 is 16.2 Å². The molecule has 1 amide bonds. The summed E-state index contributed by atoms with van der Waals surface area (Å²) in [5, 5.41) is 11.8. The van der Waals surface area contributed by atoms with E-state index in [9.17, 15) is 4.79 Å². The number of carbonyl (C=O) groups excluding carboxylic acids is 1. The SMILES string of the molecule is Cc1c(N)cccc1C(=O)NCc1ccc(CO)cc1. The zero-order valence-corrected chi connectivity index (χ0v) is 11.4. The van der Waals surface area contributed by atoms with Crippen LogP contribution in [0.1, 0.15) is 27.0 Å². The molecule has 104 valence electrons. The third kappa shape index (κ3) is 3.16. The molecule has 0 aliphatic rings. The van der Waals surface area contributed by atoms with Crippen molar-refractivity contribution in [2.45, 2.75) is 20.1 Å². The monoisotopic (exact) mass is 270 g/mol. The van der Waals surface area contributed by atoms with Gasteiger partial charge in [0.05, 0.1) is 6.61 Å². The Kier molecular flexibility index (Phi) is 4.38. The first-order valence-corrected chi connectivity index (χ1v) is 6.44. The van der Waals surface area contributed by atoms with Crippen LogP contribution in [-0.2, 0) is 13.2 Å². The van der Waals surface area contributed by atoms with Gasteiger partial charge in [-0.1, -0.05) is 30.3 Å². The van der Waals surface area contributed by atoms with Crippen molar-refractivity contribution in [2.75, 3.05) is 5.73 Å². The summed E-state index contributed by atoms with van der Waals surface area (Å²) in [6.07, 6.45) is 0. The molecule has 0 aliphatic carbocycles. The van der Waals surface area contributed by atoms with E-state index in [-0.39, 0.29) is 12.5 Å². The van der Waals surface area contributed by atoms with Crippen LogP contribution in [0.4, 0.5) is 5.69 Å². The molecule has 0 radical (unpaired) electrons. The Morgan fingerprint density at radius 1 is 1.15 bits per heavy atom. The average molecular weight is 270 g/mol. The van der Waals surface area contributed by atoms with Gasteiger partial charge in [-0.15, -0.1) is 0 Å². The standard InChI is InChI=1S/C16H18N2O2/c1-11-14(3-2-4-15(11)17)16(20)18-9-12-5-7-13(10-19)8-6-12/h2-8,19H,9-10,17H2,1H3,(H,18,20). The van der Waals surface area contributed by atoms with Crippen molar-refractivity contribution < 1.29 is 9.90 Å². The van der Waals surface area contributed by atoms with Gasteiger partial charge in [0.25, 0.3) is 5.91 Å². The number of aliphatic hydroxyl groups is 1. The van der Waals surface area contributed by atoms with E-state index < -0.39 is 0 Å². The minimum absolute atomic E-state index is 0.0229. The van der Waals surface area contributed by atoms with E-state index in [4.69, 9.17) is 10.8 Å². The second-order valence-corrected chi connectivity index (χ2v) is 4.68. The van der Waals surface area contributed by atoms with Crippen molar-refractivity contribution >= 4 is 11.6 Å². The lowest BCUT2D eigenvalue weighted by molar-refractivity contribution is 0.0950.